The number of hydrogen-bond acceptors (Lipinski definition) is 3. The summed E-state index contributed by atoms with van der Waals surface area (Å²) in [6.45, 7) is 2.26. The van der Waals surface area contributed by atoms with E-state index in [1.54, 1.807) is 0 Å². The van der Waals surface area contributed by atoms with Crippen molar-refractivity contribution in [3.8, 4) is 0 Å². The molecule has 1 saturated carbocycles. The number of carbonyl (C=O) groups is 1. The van der Waals surface area contributed by atoms with Gasteiger partial charge in [-0.25, -0.2) is 0 Å². The zero-order valence-electron chi connectivity index (χ0n) is 11.7. The molecule has 1 heterocycles. The van der Waals surface area contributed by atoms with Gasteiger partial charge in [-0.05, 0) is 12.8 Å². The zero-order chi connectivity index (χ0) is 16.4. The van der Waals surface area contributed by atoms with E-state index in [0.29, 0.717) is 4.68 Å². The van der Waals surface area contributed by atoms with Gasteiger partial charge >= 0.3 is 12.1 Å². The van der Waals surface area contributed by atoms with Crippen LogP contribution in [0.2, 0.25) is 0 Å². The summed E-state index contributed by atoms with van der Waals surface area (Å²) in [5.41, 5.74) is -2.57. The third-order valence-corrected chi connectivity index (χ3v) is 4.29. The van der Waals surface area contributed by atoms with E-state index in [1.165, 1.54) is 13.8 Å². The third kappa shape index (κ3) is 1.94. The van der Waals surface area contributed by atoms with E-state index < -0.39 is 59.3 Å². The average molecular weight is 324 g/mol. The fourth-order valence-electron chi connectivity index (χ4n) is 3.41. The topological polar surface area (TPSA) is 44.1 Å². The van der Waals surface area contributed by atoms with Gasteiger partial charge in [0.2, 0.25) is 0 Å². The Kier molecular flexibility index (Phi) is 3.06. The number of rotatable bonds is 3. The van der Waals surface area contributed by atoms with Gasteiger partial charge in [0, 0.05) is 17.4 Å². The second-order valence-electron chi connectivity index (χ2n) is 5.60. The van der Waals surface area contributed by atoms with E-state index >= 15 is 0 Å². The molecule has 3 unspecified atom stereocenters. The summed E-state index contributed by atoms with van der Waals surface area (Å²) in [6, 6.07) is 0. The molecule has 0 spiro atoms. The van der Waals surface area contributed by atoms with Crippen LogP contribution in [0.1, 0.15) is 36.7 Å². The Morgan fingerprint density at radius 1 is 1.41 bits per heavy atom. The van der Waals surface area contributed by atoms with E-state index in [0.717, 1.165) is 0 Å². The lowest BCUT2D eigenvalue weighted by atomic mass is 10.1. The van der Waals surface area contributed by atoms with Crippen LogP contribution >= 0.6 is 0 Å². The number of ether oxygens (including phenoxy) is 1. The van der Waals surface area contributed by atoms with Gasteiger partial charge in [0.15, 0.2) is 5.69 Å². The van der Waals surface area contributed by atoms with Crippen LogP contribution in [0.3, 0.4) is 0 Å². The Morgan fingerprint density at radius 2 is 2.05 bits per heavy atom. The predicted octanol–water partition coefficient (Wildman–Crippen LogP) is 2.92. The van der Waals surface area contributed by atoms with Crippen molar-refractivity contribution in [2.45, 2.75) is 38.4 Å². The molecule has 2 aliphatic carbocycles. The molecule has 2 aliphatic rings. The van der Waals surface area contributed by atoms with Gasteiger partial charge in [-0.15, -0.1) is 0 Å². The molecule has 0 aliphatic heterocycles. The minimum atomic E-state index is -4.84. The monoisotopic (exact) mass is 324 g/mol. The van der Waals surface area contributed by atoms with E-state index in [4.69, 9.17) is 0 Å². The van der Waals surface area contributed by atoms with Crippen LogP contribution in [0.15, 0.2) is 0 Å². The molecular formula is C13H13F5N2O2. The van der Waals surface area contributed by atoms with E-state index in [-0.39, 0.29) is 6.61 Å². The molecule has 0 bridgehead atoms. The van der Waals surface area contributed by atoms with Crippen molar-refractivity contribution in [1.82, 2.24) is 9.78 Å². The molecule has 9 heteroatoms. The molecule has 4 nitrogen and oxygen atoms in total. The largest absolute Gasteiger partial charge is 0.465 e. The Labute approximate surface area is 122 Å². The van der Waals surface area contributed by atoms with Gasteiger partial charge in [0.25, 0.3) is 5.92 Å². The lowest BCUT2D eigenvalue weighted by Crippen LogP contribution is -2.24. The second kappa shape index (κ2) is 4.42. The molecule has 0 amide bonds. The molecule has 0 aromatic carbocycles. The summed E-state index contributed by atoms with van der Waals surface area (Å²) in [6.07, 6.45) is -4.84. The summed E-state index contributed by atoms with van der Waals surface area (Å²) < 4.78 is 73.0. The molecule has 0 saturated heterocycles. The first-order valence-corrected chi connectivity index (χ1v) is 6.82. The van der Waals surface area contributed by atoms with E-state index in [2.05, 4.69) is 9.84 Å². The van der Waals surface area contributed by atoms with Crippen LogP contribution < -0.4 is 0 Å². The first-order valence-electron chi connectivity index (χ1n) is 6.82. The second-order valence-corrected chi connectivity index (χ2v) is 5.60. The number of alkyl halides is 5. The summed E-state index contributed by atoms with van der Waals surface area (Å²) in [5, 5.41) is 3.24. The fraction of sp³-hybridized carbons (Fsp3) is 0.692. The number of halogens is 5. The number of carbonyl (C=O) groups excluding carboxylic acids is 1. The minimum absolute atomic E-state index is 0.00704. The maximum absolute atomic E-state index is 14.3. The van der Waals surface area contributed by atoms with Gasteiger partial charge in [-0.2, -0.15) is 27.1 Å². The van der Waals surface area contributed by atoms with Crippen molar-refractivity contribution in [2.24, 2.45) is 11.8 Å². The standard InChI is InChI=1S/C13H13F5N2O2/c1-3-22-6(21)4-20-11-8(10(19-20)13(16,17)18)7-5(2)9(7)12(11,14)15/h5,7,9H,3-4H2,1-2H3. The van der Waals surface area contributed by atoms with Crippen LogP contribution in [0, 0.1) is 11.8 Å². The SMILES string of the molecule is CCOC(=O)Cn1nc(C(F)(F)F)c2c1C(F)(F)C1C(C)C21. The van der Waals surface area contributed by atoms with Gasteiger partial charge in [0.1, 0.15) is 12.2 Å². The van der Waals surface area contributed by atoms with Crippen molar-refractivity contribution in [1.29, 1.82) is 0 Å². The van der Waals surface area contributed by atoms with Crippen LogP contribution in [0.4, 0.5) is 22.0 Å². The molecule has 0 N–H and O–H groups in total. The molecule has 1 aromatic heterocycles. The Balaban J connectivity index is 2.09. The van der Waals surface area contributed by atoms with E-state index in [1.807, 2.05) is 0 Å². The summed E-state index contributed by atoms with van der Waals surface area (Å²) >= 11 is 0. The number of nitrogens with zero attached hydrogens (tertiary/aromatic N) is 2. The van der Waals surface area contributed by atoms with Crippen molar-refractivity contribution in [3.63, 3.8) is 0 Å². The first-order chi connectivity index (χ1) is 10.1. The highest BCUT2D eigenvalue weighted by Gasteiger charge is 2.72. The fourth-order valence-corrected chi connectivity index (χ4v) is 3.41. The highest BCUT2D eigenvalue weighted by Crippen LogP contribution is 2.71. The molecular weight excluding hydrogens is 311 g/mol. The average Bonchev–Trinajstić information content (AvgIpc) is 2.76. The lowest BCUT2D eigenvalue weighted by Gasteiger charge is -2.16. The highest BCUT2D eigenvalue weighted by molar-refractivity contribution is 5.69. The number of esters is 1. The molecule has 22 heavy (non-hydrogen) atoms. The molecule has 3 atom stereocenters. The number of fused-ring (bicyclic) bond motifs is 3. The highest BCUT2D eigenvalue weighted by atomic mass is 19.4. The van der Waals surface area contributed by atoms with E-state index in [9.17, 15) is 26.7 Å². The molecule has 122 valence electrons. The van der Waals surface area contributed by atoms with Gasteiger partial charge in [-0.3, -0.25) is 9.48 Å². The molecule has 1 aromatic rings. The van der Waals surface area contributed by atoms with Crippen molar-refractivity contribution >= 4 is 5.97 Å². The van der Waals surface area contributed by atoms with Crippen LogP contribution in [0.25, 0.3) is 0 Å². The predicted molar refractivity (Wildman–Crippen MR) is 63.2 cm³/mol. The number of hydrogen-bond donors (Lipinski definition) is 0. The summed E-state index contributed by atoms with van der Waals surface area (Å²) in [5.74, 6) is -6.83. The zero-order valence-corrected chi connectivity index (χ0v) is 11.7. The number of aromatic nitrogens is 2. The smallest absolute Gasteiger partial charge is 0.435 e. The van der Waals surface area contributed by atoms with Crippen LogP contribution in [0.5, 0.6) is 0 Å². The minimum Gasteiger partial charge on any atom is -0.465 e. The van der Waals surface area contributed by atoms with Crippen molar-refractivity contribution < 1.29 is 31.5 Å². The Morgan fingerprint density at radius 3 is 2.59 bits per heavy atom. The summed E-state index contributed by atoms with van der Waals surface area (Å²) in [4.78, 5) is 11.4. The van der Waals surface area contributed by atoms with Crippen molar-refractivity contribution in [3.05, 3.63) is 17.0 Å². The molecule has 1 fully saturated rings. The quantitative estimate of drug-likeness (QED) is 0.634. The van der Waals surface area contributed by atoms with Crippen LogP contribution in [-0.4, -0.2) is 22.4 Å². The van der Waals surface area contributed by atoms with Gasteiger partial charge < -0.3 is 4.74 Å². The van der Waals surface area contributed by atoms with Gasteiger partial charge in [0.05, 0.1) is 6.61 Å². The lowest BCUT2D eigenvalue weighted by molar-refractivity contribution is -0.146. The Hall–Kier alpha value is -1.67. The Bertz CT molecular complexity index is 637. The summed E-state index contributed by atoms with van der Waals surface area (Å²) in [7, 11) is 0. The maximum atomic E-state index is 14.3. The third-order valence-electron chi connectivity index (χ3n) is 4.29. The molecule has 3 rings (SSSR count). The van der Waals surface area contributed by atoms with Crippen LogP contribution in [-0.2, 0) is 28.2 Å². The maximum Gasteiger partial charge on any atom is 0.435 e. The van der Waals surface area contributed by atoms with Crippen molar-refractivity contribution in [2.75, 3.05) is 6.61 Å². The first kappa shape index (κ1) is 15.2. The normalized spacial score (nSPS) is 28.2. The van der Waals surface area contributed by atoms with Gasteiger partial charge in [-0.1, -0.05) is 6.92 Å². The molecule has 0 radical (unpaired) electrons.